The molecule has 0 aromatic heterocycles. The van der Waals surface area contributed by atoms with Gasteiger partial charge in [0, 0.05) is 11.3 Å². The summed E-state index contributed by atoms with van der Waals surface area (Å²) in [5.74, 6) is -4.14. The zero-order valence-electron chi connectivity index (χ0n) is 16.6. The van der Waals surface area contributed by atoms with Crippen LogP contribution in [0.1, 0.15) is 45.4 Å². The predicted molar refractivity (Wildman–Crippen MR) is 96.9 cm³/mol. The van der Waals surface area contributed by atoms with E-state index in [1.807, 2.05) is 0 Å². The van der Waals surface area contributed by atoms with E-state index in [9.17, 15) is 24.3 Å². The number of amides is 1. The normalized spacial score (nSPS) is 32.5. The first-order valence-electron chi connectivity index (χ1n) is 9.90. The number of rotatable bonds is 7. The first kappa shape index (κ1) is 20.6. The van der Waals surface area contributed by atoms with Crippen molar-refractivity contribution < 1.29 is 33.8 Å². The summed E-state index contributed by atoms with van der Waals surface area (Å²) in [6, 6.07) is -1.39. The summed E-state index contributed by atoms with van der Waals surface area (Å²) >= 11 is 0. The minimum atomic E-state index is -1.42. The Morgan fingerprint density at radius 2 is 1.36 bits per heavy atom. The van der Waals surface area contributed by atoms with Gasteiger partial charge in [0.05, 0.1) is 14.2 Å². The van der Waals surface area contributed by atoms with Crippen molar-refractivity contribution in [2.75, 3.05) is 14.2 Å². The second-order valence-electron chi connectivity index (χ2n) is 8.87. The number of carboxylic acids is 1. The number of carbonyl (C=O) groups excluding carboxylic acids is 3. The van der Waals surface area contributed by atoms with Crippen LogP contribution in [-0.2, 0) is 28.7 Å². The van der Waals surface area contributed by atoms with E-state index >= 15 is 0 Å². The molecular formula is C20H29NO7. The fourth-order valence-electron chi connectivity index (χ4n) is 6.07. The number of hydrogen-bond acceptors (Lipinski definition) is 6. The molecule has 0 radical (unpaired) electrons. The monoisotopic (exact) mass is 395 g/mol. The second-order valence-corrected chi connectivity index (χ2v) is 8.87. The summed E-state index contributed by atoms with van der Waals surface area (Å²) in [4.78, 5) is 49.2. The smallest absolute Gasteiger partial charge is 0.326 e. The molecule has 0 saturated heterocycles. The van der Waals surface area contributed by atoms with Crippen molar-refractivity contribution in [1.82, 2.24) is 5.32 Å². The van der Waals surface area contributed by atoms with Crippen LogP contribution in [0.3, 0.4) is 0 Å². The number of ether oxygens (including phenoxy) is 2. The molecule has 8 heteroatoms. The Hall–Kier alpha value is -2.12. The number of nitrogens with one attached hydrogen (secondary N) is 1. The van der Waals surface area contributed by atoms with Gasteiger partial charge in [-0.2, -0.15) is 0 Å². The van der Waals surface area contributed by atoms with Gasteiger partial charge >= 0.3 is 17.9 Å². The minimum absolute atomic E-state index is 0.265. The molecule has 0 aliphatic heterocycles. The fourth-order valence-corrected chi connectivity index (χ4v) is 6.07. The molecule has 0 heterocycles. The molecule has 2 N–H and O–H groups in total. The molecule has 4 bridgehead atoms. The lowest BCUT2D eigenvalue weighted by Gasteiger charge is -2.55. The predicted octanol–water partition coefficient (Wildman–Crippen LogP) is 1.37. The topological polar surface area (TPSA) is 119 Å². The Bertz CT molecular complexity index is 622. The SMILES string of the molecule is COC(=O)C(C(=O)OC)[C@@H](C)[C@@H](NC(=O)C12CC3CC(CC(C3)C1)C2)C(=O)O. The van der Waals surface area contributed by atoms with Crippen LogP contribution in [0.25, 0.3) is 0 Å². The minimum Gasteiger partial charge on any atom is -0.480 e. The van der Waals surface area contributed by atoms with Gasteiger partial charge in [0.1, 0.15) is 6.04 Å². The molecule has 0 aromatic rings. The molecule has 4 fully saturated rings. The number of aliphatic carboxylic acids is 1. The number of hydrogen-bond donors (Lipinski definition) is 2. The molecule has 0 spiro atoms. The van der Waals surface area contributed by atoms with Crippen LogP contribution in [0.15, 0.2) is 0 Å². The molecule has 8 nitrogen and oxygen atoms in total. The fraction of sp³-hybridized carbons (Fsp3) is 0.800. The third kappa shape index (κ3) is 3.61. The molecule has 2 atom stereocenters. The highest BCUT2D eigenvalue weighted by Crippen LogP contribution is 2.60. The largest absolute Gasteiger partial charge is 0.480 e. The average molecular weight is 395 g/mol. The molecule has 4 rings (SSSR count). The molecule has 1 amide bonds. The van der Waals surface area contributed by atoms with Crippen LogP contribution in [0, 0.1) is 35.0 Å². The van der Waals surface area contributed by atoms with Crippen LogP contribution in [-0.4, -0.2) is 49.2 Å². The van der Waals surface area contributed by atoms with E-state index < -0.39 is 41.2 Å². The van der Waals surface area contributed by atoms with Gasteiger partial charge in [0.15, 0.2) is 5.92 Å². The summed E-state index contributed by atoms with van der Waals surface area (Å²) in [6.45, 7) is 1.44. The van der Waals surface area contributed by atoms with Crippen molar-refractivity contribution >= 4 is 23.8 Å². The first-order valence-corrected chi connectivity index (χ1v) is 9.90. The maximum atomic E-state index is 13.2. The highest BCUT2D eigenvalue weighted by Gasteiger charge is 2.55. The van der Waals surface area contributed by atoms with E-state index in [-0.39, 0.29) is 5.91 Å². The zero-order valence-corrected chi connectivity index (χ0v) is 16.6. The number of esters is 2. The maximum absolute atomic E-state index is 13.2. The maximum Gasteiger partial charge on any atom is 0.326 e. The quantitative estimate of drug-likeness (QED) is 0.493. The van der Waals surface area contributed by atoms with Gasteiger partial charge in [-0.25, -0.2) is 4.79 Å². The van der Waals surface area contributed by atoms with E-state index in [0.717, 1.165) is 52.7 Å². The standard InChI is InChI=1S/C20H29NO7/c1-10(14(17(24)27-2)18(25)28-3)15(16(22)23)21-19(26)20-7-11-4-12(8-20)6-13(5-11)9-20/h10-15H,4-9H2,1-3H3,(H,21,26)(H,22,23)/t10-,11?,12?,13?,15-,20?/m1/s1. The summed E-state index contributed by atoms with van der Waals surface area (Å²) in [5, 5.41) is 12.4. The summed E-state index contributed by atoms with van der Waals surface area (Å²) < 4.78 is 9.29. The van der Waals surface area contributed by atoms with Gasteiger partial charge in [-0.05, 0) is 56.3 Å². The lowest BCUT2D eigenvalue weighted by molar-refractivity contribution is -0.164. The first-order chi connectivity index (χ1) is 13.2. The molecule has 0 aromatic carbocycles. The van der Waals surface area contributed by atoms with Crippen LogP contribution in [0.2, 0.25) is 0 Å². The van der Waals surface area contributed by atoms with Crippen molar-refractivity contribution in [1.29, 1.82) is 0 Å². The van der Waals surface area contributed by atoms with Gasteiger partial charge in [-0.15, -0.1) is 0 Å². The van der Waals surface area contributed by atoms with E-state index in [1.54, 1.807) is 0 Å². The van der Waals surface area contributed by atoms with Crippen molar-refractivity contribution in [2.45, 2.75) is 51.5 Å². The van der Waals surface area contributed by atoms with E-state index in [4.69, 9.17) is 0 Å². The van der Waals surface area contributed by atoms with Crippen LogP contribution in [0.5, 0.6) is 0 Å². The lowest BCUT2D eigenvalue weighted by Crippen LogP contribution is -2.58. The molecule has 4 saturated carbocycles. The van der Waals surface area contributed by atoms with Gasteiger partial charge in [0.25, 0.3) is 0 Å². The van der Waals surface area contributed by atoms with Crippen LogP contribution < -0.4 is 5.32 Å². The van der Waals surface area contributed by atoms with Gasteiger partial charge in [0.2, 0.25) is 5.91 Å². The number of carboxylic acid groups (broad SMARTS) is 1. The third-order valence-corrected chi connectivity index (χ3v) is 7.03. The Morgan fingerprint density at radius 1 is 0.929 bits per heavy atom. The Labute approximate surface area is 164 Å². The average Bonchev–Trinajstić information content (AvgIpc) is 2.64. The van der Waals surface area contributed by atoms with E-state index in [2.05, 4.69) is 14.8 Å². The van der Waals surface area contributed by atoms with Gasteiger partial charge < -0.3 is 19.9 Å². The van der Waals surface area contributed by atoms with Crippen molar-refractivity contribution in [2.24, 2.45) is 35.0 Å². The van der Waals surface area contributed by atoms with Crippen molar-refractivity contribution in [3.8, 4) is 0 Å². The molecule has 4 aliphatic carbocycles. The Kier molecular flexibility index (Phi) is 5.68. The Balaban J connectivity index is 1.79. The van der Waals surface area contributed by atoms with Crippen molar-refractivity contribution in [3.63, 3.8) is 0 Å². The highest BCUT2D eigenvalue weighted by atomic mass is 16.5. The number of carbonyl (C=O) groups is 4. The van der Waals surface area contributed by atoms with E-state index in [0.29, 0.717) is 17.8 Å². The van der Waals surface area contributed by atoms with Gasteiger partial charge in [-0.1, -0.05) is 6.92 Å². The summed E-state index contributed by atoms with van der Waals surface area (Å²) in [5.41, 5.74) is -0.520. The Morgan fingerprint density at radius 3 is 1.71 bits per heavy atom. The molecule has 4 aliphatic rings. The van der Waals surface area contributed by atoms with Gasteiger partial charge in [-0.3, -0.25) is 14.4 Å². The molecular weight excluding hydrogens is 366 g/mol. The second kappa shape index (κ2) is 7.72. The van der Waals surface area contributed by atoms with E-state index in [1.165, 1.54) is 6.92 Å². The van der Waals surface area contributed by atoms with Crippen LogP contribution >= 0.6 is 0 Å². The van der Waals surface area contributed by atoms with Crippen LogP contribution in [0.4, 0.5) is 0 Å². The molecule has 0 unspecified atom stereocenters. The molecule has 156 valence electrons. The summed E-state index contributed by atoms with van der Waals surface area (Å²) in [7, 11) is 2.24. The lowest BCUT2D eigenvalue weighted by atomic mass is 9.49. The highest BCUT2D eigenvalue weighted by molar-refractivity contribution is 5.96. The summed E-state index contributed by atoms with van der Waals surface area (Å²) in [6.07, 6.45) is 5.88. The number of methoxy groups -OCH3 is 2. The zero-order chi connectivity index (χ0) is 20.6. The molecule has 28 heavy (non-hydrogen) atoms. The van der Waals surface area contributed by atoms with Crippen molar-refractivity contribution in [3.05, 3.63) is 0 Å². The third-order valence-electron chi connectivity index (χ3n) is 7.03.